The van der Waals surface area contributed by atoms with Crippen LogP contribution in [-0.4, -0.2) is 24.7 Å². The Morgan fingerprint density at radius 1 is 0.857 bits per heavy atom. The average molecular weight is 376 g/mol. The molecule has 6 heteroatoms. The Morgan fingerprint density at radius 2 is 1.46 bits per heavy atom. The first kappa shape index (κ1) is 16.5. The molecule has 2 aromatic rings. The number of carboxylic acids is 1. The molecule has 0 spiro atoms. The lowest BCUT2D eigenvalue weighted by Crippen LogP contribution is -1.93. The van der Waals surface area contributed by atoms with Crippen LogP contribution >= 0.6 is 0 Å². The summed E-state index contributed by atoms with van der Waals surface area (Å²) in [4.78, 5) is 10.9. The highest BCUT2D eigenvalue weighted by Gasteiger charge is 2.23. The number of aliphatic carboxylic acids is 1. The average Bonchev–Trinajstić information content (AvgIpc) is 3.43. The van der Waals surface area contributed by atoms with Gasteiger partial charge in [0.15, 0.2) is 23.0 Å². The number of hydrogen-bond donors (Lipinski definition) is 1. The minimum absolute atomic E-state index is 0.218. The van der Waals surface area contributed by atoms with Gasteiger partial charge in [0.1, 0.15) is 0 Å². The van der Waals surface area contributed by atoms with Crippen LogP contribution in [0.2, 0.25) is 0 Å². The van der Waals surface area contributed by atoms with Crippen molar-refractivity contribution in [2.75, 3.05) is 13.6 Å². The van der Waals surface area contributed by atoms with E-state index in [0.717, 1.165) is 45.4 Å². The lowest BCUT2D eigenvalue weighted by molar-refractivity contribution is -0.131. The molecule has 1 aliphatic carbocycles. The van der Waals surface area contributed by atoms with E-state index in [2.05, 4.69) is 0 Å². The summed E-state index contributed by atoms with van der Waals surface area (Å²) in [7, 11) is 0. The topological polar surface area (TPSA) is 74.2 Å². The Labute approximate surface area is 160 Å². The molecule has 0 atom stereocenters. The molecule has 140 valence electrons. The van der Waals surface area contributed by atoms with Gasteiger partial charge in [-0.3, -0.25) is 0 Å². The molecule has 0 fully saturated rings. The van der Waals surface area contributed by atoms with Gasteiger partial charge in [-0.05, 0) is 58.5 Å². The first-order valence-electron chi connectivity index (χ1n) is 8.82. The summed E-state index contributed by atoms with van der Waals surface area (Å²) in [6.07, 6.45) is 5.42. The van der Waals surface area contributed by atoms with E-state index in [4.69, 9.17) is 24.1 Å². The van der Waals surface area contributed by atoms with Crippen molar-refractivity contribution in [2.24, 2.45) is 0 Å². The molecule has 6 nitrogen and oxygen atoms in total. The number of hydrogen-bond acceptors (Lipinski definition) is 5. The number of carboxylic acid groups (broad SMARTS) is 1. The number of ether oxygens (including phenoxy) is 4. The molecule has 5 rings (SSSR count). The summed E-state index contributed by atoms with van der Waals surface area (Å²) >= 11 is 0. The molecule has 0 bridgehead atoms. The van der Waals surface area contributed by atoms with Gasteiger partial charge in [0.25, 0.3) is 0 Å². The van der Waals surface area contributed by atoms with Crippen molar-refractivity contribution in [1.29, 1.82) is 0 Å². The van der Waals surface area contributed by atoms with E-state index in [1.165, 1.54) is 0 Å². The molecule has 2 aromatic carbocycles. The van der Waals surface area contributed by atoms with E-state index in [9.17, 15) is 4.79 Å². The number of carbonyl (C=O) groups is 1. The minimum atomic E-state index is -0.970. The first-order chi connectivity index (χ1) is 13.7. The van der Waals surface area contributed by atoms with Gasteiger partial charge in [0, 0.05) is 6.08 Å². The van der Waals surface area contributed by atoms with E-state index in [-0.39, 0.29) is 13.6 Å². The Kier molecular flexibility index (Phi) is 3.83. The van der Waals surface area contributed by atoms with Gasteiger partial charge < -0.3 is 24.1 Å². The maximum Gasteiger partial charge on any atom is 0.328 e. The number of benzene rings is 2. The molecule has 0 saturated carbocycles. The van der Waals surface area contributed by atoms with Gasteiger partial charge in [0.05, 0.1) is 0 Å². The van der Waals surface area contributed by atoms with Crippen LogP contribution < -0.4 is 18.9 Å². The highest BCUT2D eigenvalue weighted by atomic mass is 16.7. The monoisotopic (exact) mass is 376 g/mol. The lowest BCUT2D eigenvalue weighted by Gasteiger charge is -2.10. The largest absolute Gasteiger partial charge is 0.478 e. The molecular formula is C22H16O6. The second-order valence-corrected chi connectivity index (χ2v) is 6.60. The molecule has 28 heavy (non-hydrogen) atoms. The van der Waals surface area contributed by atoms with Gasteiger partial charge >= 0.3 is 5.97 Å². The minimum Gasteiger partial charge on any atom is -0.478 e. The highest BCUT2D eigenvalue weighted by molar-refractivity contribution is 6.01. The normalized spacial score (nSPS) is 16.8. The fraction of sp³-hybridized carbons (Fsp3) is 0.136. The number of fused-ring (bicyclic) bond motifs is 2. The molecule has 0 amide bonds. The van der Waals surface area contributed by atoms with Crippen LogP contribution in [0.4, 0.5) is 0 Å². The summed E-state index contributed by atoms with van der Waals surface area (Å²) in [5.41, 5.74) is 5.01. The predicted octanol–water partition coefficient (Wildman–Crippen LogP) is 4.03. The summed E-state index contributed by atoms with van der Waals surface area (Å²) in [6.45, 7) is 0.437. The number of allylic oxidation sites excluding steroid dienone is 5. The zero-order valence-electron chi connectivity index (χ0n) is 14.8. The van der Waals surface area contributed by atoms with Crippen LogP contribution in [0.1, 0.15) is 17.5 Å². The standard InChI is InChI=1S/C22H16O6/c23-22(24)6-1-13-7-16(14-2-4-18-20(9-14)27-11-25-18)17(8-13)15-3-5-19-21(10-15)28-12-26-19/h1-7,9-10H,8,11-12H2,(H,23,24)/b6-1+. The number of rotatable bonds is 4. The third-order valence-electron chi connectivity index (χ3n) is 4.88. The van der Waals surface area contributed by atoms with Crippen LogP contribution in [0, 0.1) is 0 Å². The highest BCUT2D eigenvalue weighted by Crippen LogP contribution is 2.44. The van der Waals surface area contributed by atoms with E-state index in [1.807, 2.05) is 42.5 Å². The van der Waals surface area contributed by atoms with E-state index >= 15 is 0 Å². The smallest absolute Gasteiger partial charge is 0.328 e. The van der Waals surface area contributed by atoms with Crippen molar-refractivity contribution in [2.45, 2.75) is 6.42 Å². The third kappa shape index (κ3) is 2.89. The molecule has 2 aliphatic heterocycles. The van der Waals surface area contributed by atoms with Crippen molar-refractivity contribution in [3.05, 3.63) is 71.3 Å². The molecule has 0 aromatic heterocycles. The third-order valence-corrected chi connectivity index (χ3v) is 4.88. The molecule has 1 N–H and O–H groups in total. The van der Waals surface area contributed by atoms with Crippen LogP contribution in [0.3, 0.4) is 0 Å². The van der Waals surface area contributed by atoms with Crippen molar-refractivity contribution in [3.8, 4) is 23.0 Å². The Morgan fingerprint density at radius 3 is 2.14 bits per heavy atom. The van der Waals surface area contributed by atoms with E-state index < -0.39 is 5.97 Å². The Bertz CT molecular complexity index is 1080. The maximum atomic E-state index is 10.9. The SMILES string of the molecule is O=C(O)/C=C/C1=CC(c2ccc3c(c2)OCO3)=C(c2ccc3c(c2)OCO3)C1. The summed E-state index contributed by atoms with van der Waals surface area (Å²) in [5.74, 6) is 1.90. The van der Waals surface area contributed by atoms with E-state index in [0.29, 0.717) is 17.9 Å². The Balaban J connectivity index is 1.59. The van der Waals surface area contributed by atoms with Gasteiger partial charge in [0.2, 0.25) is 13.6 Å². The van der Waals surface area contributed by atoms with Crippen LogP contribution in [-0.2, 0) is 4.79 Å². The second kappa shape index (κ2) is 6.49. The quantitative estimate of drug-likeness (QED) is 0.813. The lowest BCUT2D eigenvalue weighted by atomic mass is 9.96. The molecule has 0 radical (unpaired) electrons. The maximum absolute atomic E-state index is 10.9. The summed E-state index contributed by atoms with van der Waals surface area (Å²) in [5, 5.41) is 8.96. The fourth-order valence-corrected chi connectivity index (χ4v) is 3.57. The van der Waals surface area contributed by atoms with Gasteiger partial charge in [-0.1, -0.05) is 24.3 Å². The fourth-order valence-electron chi connectivity index (χ4n) is 3.57. The van der Waals surface area contributed by atoms with Crippen LogP contribution in [0.25, 0.3) is 11.1 Å². The van der Waals surface area contributed by atoms with Crippen molar-refractivity contribution >= 4 is 17.1 Å². The summed E-state index contributed by atoms with van der Waals surface area (Å²) in [6, 6.07) is 11.7. The molecular weight excluding hydrogens is 360 g/mol. The van der Waals surface area contributed by atoms with Crippen molar-refractivity contribution in [3.63, 3.8) is 0 Å². The predicted molar refractivity (Wildman–Crippen MR) is 101 cm³/mol. The Hall–Kier alpha value is -3.67. The van der Waals surface area contributed by atoms with Crippen molar-refractivity contribution in [1.82, 2.24) is 0 Å². The van der Waals surface area contributed by atoms with E-state index in [1.54, 1.807) is 6.08 Å². The van der Waals surface area contributed by atoms with Gasteiger partial charge in [-0.25, -0.2) is 4.79 Å². The summed E-state index contributed by atoms with van der Waals surface area (Å²) < 4.78 is 21.8. The molecule has 2 heterocycles. The van der Waals surface area contributed by atoms with Gasteiger partial charge in [-0.2, -0.15) is 0 Å². The first-order valence-corrected chi connectivity index (χ1v) is 8.82. The zero-order valence-corrected chi connectivity index (χ0v) is 14.8. The molecule has 0 saturated heterocycles. The van der Waals surface area contributed by atoms with Crippen LogP contribution in [0.15, 0.2) is 60.2 Å². The van der Waals surface area contributed by atoms with Crippen LogP contribution in [0.5, 0.6) is 23.0 Å². The molecule has 0 unspecified atom stereocenters. The molecule has 3 aliphatic rings. The van der Waals surface area contributed by atoms with Gasteiger partial charge in [-0.15, -0.1) is 0 Å². The second-order valence-electron chi connectivity index (χ2n) is 6.60. The van der Waals surface area contributed by atoms with Crippen molar-refractivity contribution < 1.29 is 28.8 Å². The zero-order chi connectivity index (χ0) is 19.1.